The molecule has 0 saturated heterocycles. The first-order valence-corrected chi connectivity index (χ1v) is 6.76. The van der Waals surface area contributed by atoms with E-state index in [0.29, 0.717) is 6.07 Å². The number of carboxylic acid groups (broad SMARTS) is 1. The summed E-state index contributed by atoms with van der Waals surface area (Å²) in [7, 11) is -4.26. The van der Waals surface area contributed by atoms with Crippen LogP contribution in [0.2, 0.25) is 0 Å². The molecule has 0 unspecified atom stereocenters. The number of primary sulfonamides is 1. The molecule has 0 saturated carbocycles. The Balaban J connectivity index is 3.15. The maximum absolute atomic E-state index is 12.8. The molecule has 0 radical (unpaired) electrons. The molecule has 4 N–H and O–H groups in total. The van der Waals surface area contributed by atoms with E-state index >= 15 is 0 Å². The standard InChI is InChI=1S/C10H11F3N2O4S/c11-10(12,13)7-5-6(20(14,18)19)1-2-8(7)15-4-3-9(16)17/h1-2,5,15H,3-4H2,(H,16,17)(H2,14,18,19). The Kier molecular flexibility index (Phi) is 4.61. The minimum absolute atomic E-state index is 0.229. The van der Waals surface area contributed by atoms with Crippen molar-refractivity contribution in [2.24, 2.45) is 5.14 Å². The summed E-state index contributed by atoms with van der Waals surface area (Å²) in [6.07, 6.45) is -5.18. The van der Waals surface area contributed by atoms with Crippen LogP contribution in [0.4, 0.5) is 18.9 Å². The van der Waals surface area contributed by atoms with Gasteiger partial charge in [0.1, 0.15) is 0 Å². The average Bonchev–Trinajstić information content (AvgIpc) is 2.25. The van der Waals surface area contributed by atoms with E-state index in [-0.39, 0.29) is 13.0 Å². The normalized spacial score (nSPS) is 12.2. The Hall–Kier alpha value is -1.81. The summed E-state index contributed by atoms with van der Waals surface area (Å²) in [6, 6.07) is 2.20. The van der Waals surface area contributed by atoms with Gasteiger partial charge >= 0.3 is 12.1 Å². The Morgan fingerprint density at radius 2 is 1.95 bits per heavy atom. The summed E-state index contributed by atoms with van der Waals surface area (Å²) in [5.74, 6) is -1.17. The first-order valence-electron chi connectivity index (χ1n) is 5.21. The van der Waals surface area contributed by atoms with E-state index in [1.807, 2.05) is 0 Å². The molecular formula is C10H11F3N2O4S. The van der Waals surface area contributed by atoms with Gasteiger partial charge in [0.2, 0.25) is 10.0 Å². The van der Waals surface area contributed by atoms with Crippen molar-refractivity contribution in [3.63, 3.8) is 0 Å². The highest BCUT2D eigenvalue weighted by Gasteiger charge is 2.34. The van der Waals surface area contributed by atoms with E-state index in [0.717, 1.165) is 12.1 Å². The Morgan fingerprint density at radius 3 is 2.40 bits per heavy atom. The van der Waals surface area contributed by atoms with Gasteiger partial charge in [-0.2, -0.15) is 13.2 Å². The van der Waals surface area contributed by atoms with Crippen LogP contribution in [0.25, 0.3) is 0 Å². The van der Waals surface area contributed by atoms with Crippen molar-refractivity contribution in [1.29, 1.82) is 0 Å². The zero-order chi connectivity index (χ0) is 15.6. The van der Waals surface area contributed by atoms with Gasteiger partial charge in [-0.05, 0) is 18.2 Å². The van der Waals surface area contributed by atoms with Crippen LogP contribution in [0.1, 0.15) is 12.0 Å². The van der Waals surface area contributed by atoms with Crippen LogP contribution >= 0.6 is 0 Å². The maximum atomic E-state index is 12.8. The molecule has 112 valence electrons. The second-order valence-electron chi connectivity index (χ2n) is 3.82. The second-order valence-corrected chi connectivity index (χ2v) is 5.38. The number of rotatable bonds is 5. The van der Waals surface area contributed by atoms with Crippen molar-refractivity contribution in [3.8, 4) is 0 Å². The smallest absolute Gasteiger partial charge is 0.418 e. The van der Waals surface area contributed by atoms with Gasteiger partial charge in [-0.25, -0.2) is 13.6 Å². The molecule has 10 heteroatoms. The van der Waals surface area contributed by atoms with E-state index in [4.69, 9.17) is 10.2 Å². The first kappa shape index (κ1) is 16.2. The summed E-state index contributed by atoms with van der Waals surface area (Å²) < 4.78 is 60.5. The number of carboxylic acids is 1. The molecule has 0 aliphatic heterocycles. The number of aliphatic carboxylic acids is 1. The number of nitrogens with one attached hydrogen (secondary N) is 1. The van der Waals surface area contributed by atoms with Gasteiger partial charge in [-0.3, -0.25) is 4.79 Å². The molecule has 0 aromatic heterocycles. The predicted molar refractivity (Wildman–Crippen MR) is 63.6 cm³/mol. The van der Waals surface area contributed by atoms with Gasteiger partial charge < -0.3 is 10.4 Å². The Labute approximate surface area is 112 Å². The van der Waals surface area contributed by atoms with E-state index in [1.54, 1.807) is 0 Å². The molecule has 0 spiro atoms. The van der Waals surface area contributed by atoms with Gasteiger partial charge in [0.15, 0.2) is 0 Å². The molecule has 0 amide bonds. The number of sulfonamides is 1. The number of nitrogens with two attached hydrogens (primary N) is 1. The zero-order valence-corrected chi connectivity index (χ0v) is 10.8. The lowest BCUT2D eigenvalue weighted by Crippen LogP contribution is -2.17. The number of hydrogen-bond acceptors (Lipinski definition) is 4. The lowest BCUT2D eigenvalue weighted by molar-refractivity contribution is -0.137. The van der Waals surface area contributed by atoms with Crippen LogP contribution in [0.5, 0.6) is 0 Å². The third-order valence-electron chi connectivity index (χ3n) is 2.28. The number of halogens is 3. The molecule has 6 nitrogen and oxygen atoms in total. The number of anilines is 1. The molecule has 1 aromatic carbocycles. The van der Waals surface area contributed by atoms with E-state index in [9.17, 15) is 26.4 Å². The zero-order valence-electron chi connectivity index (χ0n) is 9.94. The minimum Gasteiger partial charge on any atom is -0.481 e. The van der Waals surface area contributed by atoms with Crippen molar-refractivity contribution in [2.45, 2.75) is 17.5 Å². The SMILES string of the molecule is NS(=O)(=O)c1ccc(NCCC(=O)O)c(C(F)(F)F)c1. The minimum atomic E-state index is -4.80. The fourth-order valence-electron chi connectivity index (χ4n) is 1.39. The lowest BCUT2D eigenvalue weighted by atomic mass is 10.1. The highest BCUT2D eigenvalue weighted by atomic mass is 32.2. The quantitative estimate of drug-likeness (QED) is 0.758. The number of carbonyl (C=O) groups is 1. The van der Waals surface area contributed by atoms with Crippen molar-refractivity contribution >= 4 is 21.7 Å². The van der Waals surface area contributed by atoms with Crippen LogP contribution in [0, 0.1) is 0 Å². The lowest BCUT2D eigenvalue weighted by Gasteiger charge is -2.15. The van der Waals surface area contributed by atoms with Gasteiger partial charge in [0.05, 0.1) is 16.9 Å². The van der Waals surface area contributed by atoms with Crippen LogP contribution in [-0.4, -0.2) is 26.0 Å². The molecule has 20 heavy (non-hydrogen) atoms. The highest BCUT2D eigenvalue weighted by Crippen LogP contribution is 2.36. The monoisotopic (exact) mass is 312 g/mol. The predicted octanol–water partition coefficient (Wildman–Crippen LogP) is 1.24. The maximum Gasteiger partial charge on any atom is 0.418 e. The fraction of sp³-hybridized carbons (Fsp3) is 0.300. The van der Waals surface area contributed by atoms with Crippen molar-refractivity contribution < 1.29 is 31.5 Å². The summed E-state index contributed by atoms with van der Waals surface area (Å²) in [5.41, 5.74) is -1.64. The summed E-state index contributed by atoms with van der Waals surface area (Å²) in [6.45, 7) is -0.229. The van der Waals surface area contributed by atoms with Crippen LogP contribution in [0.3, 0.4) is 0 Å². The summed E-state index contributed by atoms with van der Waals surface area (Å²) in [4.78, 5) is 9.63. The van der Waals surface area contributed by atoms with E-state index in [2.05, 4.69) is 5.32 Å². The number of hydrogen-bond donors (Lipinski definition) is 3. The number of benzene rings is 1. The highest BCUT2D eigenvalue weighted by molar-refractivity contribution is 7.89. The Bertz CT molecular complexity index is 613. The van der Waals surface area contributed by atoms with Gasteiger partial charge in [0, 0.05) is 12.2 Å². The van der Waals surface area contributed by atoms with Crippen LogP contribution in [-0.2, 0) is 21.0 Å². The molecule has 0 fully saturated rings. The third kappa shape index (κ3) is 4.38. The fourth-order valence-corrected chi connectivity index (χ4v) is 1.93. The van der Waals surface area contributed by atoms with Gasteiger partial charge in [-0.1, -0.05) is 0 Å². The molecular weight excluding hydrogens is 301 g/mol. The molecule has 0 heterocycles. The molecule has 0 bridgehead atoms. The van der Waals surface area contributed by atoms with Gasteiger partial charge in [0.25, 0.3) is 0 Å². The van der Waals surface area contributed by atoms with Crippen molar-refractivity contribution in [1.82, 2.24) is 0 Å². The van der Waals surface area contributed by atoms with Crippen LogP contribution < -0.4 is 10.5 Å². The van der Waals surface area contributed by atoms with Crippen LogP contribution in [0.15, 0.2) is 23.1 Å². The van der Waals surface area contributed by atoms with Crippen molar-refractivity contribution in [2.75, 3.05) is 11.9 Å². The molecule has 0 atom stereocenters. The summed E-state index contributed by atoms with van der Waals surface area (Å²) >= 11 is 0. The largest absolute Gasteiger partial charge is 0.481 e. The van der Waals surface area contributed by atoms with E-state index < -0.39 is 38.3 Å². The number of alkyl halides is 3. The second kappa shape index (κ2) is 5.67. The molecule has 1 rings (SSSR count). The molecule has 0 aliphatic carbocycles. The van der Waals surface area contributed by atoms with E-state index in [1.165, 1.54) is 0 Å². The Morgan fingerprint density at radius 1 is 1.35 bits per heavy atom. The molecule has 0 aliphatic rings. The van der Waals surface area contributed by atoms with Crippen molar-refractivity contribution in [3.05, 3.63) is 23.8 Å². The summed E-state index contributed by atoms with van der Waals surface area (Å²) in [5, 5.41) is 15.5. The topological polar surface area (TPSA) is 109 Å². The van der Waals surface area contributed by atoms with Gasteiger partial charge in [-0.15, -0.1) is 0 Å². The first-order chi connectivity index (χ1) is 9.01. The molecule has 1 aromatic rings. The average molecular weight is 312 g/mol. The third-order valence-corrected chi connectivity index (χ3v) is 3.19.